The molecule has 1 fully saturated rings. The van der Waals surface area contributed by atoms with Crippen molar-refractivity contribution in [3.05, 3.63) is 29.8 Å². The highest BCUT2D eigenvalue weighted by atomic mass is 32.2. The molecule has 0 aliphatic carbocycles. The Hall–Kier alpha value is -1.74. The normalized spacial score (nSPS) is 19.1. The van der Waals surface area contributed by atoms with Crippen molar-refractivity contribution in [2.24, 2.45) is 10.9 Å². The third-order valence-electron chi connectivity index (χ3n) is 3.53. The summed E-state index contributed by atoms with van der Waals surface area (Å²) in [5.41, 5.74) is 0.266. The molecule has 0 aromatic heterocycles. The quantitative estimate of drug-likeness (QED) is 0.363. The molecule has 0 saturated carbocycles. The number of hydrogen-bond donors (Lipinski definition) is 1. The molecule has 0 radical (unpaired) electrons. The van der Waals surface area contributed by atoms with Crippen LogP contribution in [-0.2, 0) is 14.6 Å². The number of ether oxygens (including phenoxy) is 1. The molecule has 1 aliphatic rings. The van der Waals surface area contributed by atoms with Crippen LogP contribution in [0.3, 0.4) is 0 Å². The van der Waals surface area contributed by atoms with Crippen LogP contribution in [0.4, 0.5) is 4.79 Å². The number of hydrogen-bond acceptors (Lipinski definition) is 7. The van der Waals surface area contributed by atoms with Gasteiger partial charge in [-0.25, -0.2) is 13.2 Å². The van der Waals surface area contributed by atoms with Gasteiger partial charge in [0.2, 0.25) is 9.84 Å². The maximum absolute atomic E-state index is 12.9. The van der Waals surface area contributed by atoms with Gasteiger partial charge in [0.05, 0.1) is 10.8 Å². The first-order valence-corrected chi connectivity index (χ1v) is 10.4. The van der Waals surface area contributed by atoms with E-state index in [0.717, 1.165) is 5.56 Å². The number of nitrogens with zero attached hydrogens (tertiary/aromatic N) is 2. The van der Waals surface area contributed by atoms with Crippen LogP contribution in [0.1, 0.15) is 26.3 Å². The fraction of sp³-hybridized carbons (Fsp3) is 0.500. The van der Waals surface area contributed by atoms with Gasteiger partial charge < -0.3 is 10.6 Å². The average Bonchev–Trinajstić information content (AvgIpc) is 2.95. The number of amides is 1. The van der Waals surface area contributed by atoms with Crippen molar-refractivity contribution in [1.29, 1.82) is 0 Å². The zero-order valence-electron chi connectivity index (χ0n) is 14.7. The highest BCUT2D eigenvalue weighted by Crippen LogP contribution is 2.28. The molecule has 1 atom stereocenters. The Balaban J connectivity index is 2.33. The first-order valence-electron chi connectivity index (χ1n) is 7.73. The summed E-state index contributed by atoms with van der Waals surface area (Å²) in [6.07, 6.45) is -0.581. The van der Waals surface area contributed by atoms with Gasteiger partial charge in [-0.3, -0.25) is 4.90 Å². The fourth-order valence-corrected chi connectivity index (χ4v) is 5.02. The molecule has 1 aliphatic heterocycles. The third kappa shape index (κ3) is 4.46. The number of aryl methyl sites for hydroxylation is 1. The van der Waals surface area contributed by atoms with Gasteiger partial charge in [-0.05, 0) is 39.8 Å². The van der Waals surface area contributed by atoms with E-state index in [1.807, 2.05) is 6.92 Å². The van der Waals surface area contributed by atoms with Gasteiger partial charge in [0.15, 0.2) is 5.04 Å². The number of carbonyl (C=O) groups is 1. The number of benzene rings is 1. The van der Waals surface area contributed by atoms with Gasteiger partial charge in [-0.1, -0.05) is 17.7 Å². The molecule has 2 rings (SSSR count). The largest absolute Gasteiger partial charge is 0.444 e. The van der Waals surface area contributed by atoms with Crippen LogP contribution in [0.5, 0.6) is 0 Å². The van der Waals surface area contributed by atoms with Crippen molar-refractivity contribution < 1.29 is 17.9 Å². The zero-order chi connectivity index (χ0) is 18.8. The predicted octanol–water partition coefficient (Wildman–Crippen LogP) is 2.35. The second kappa shape index (κ2) is 7.25. The molecule has 9 heteroatoms. The topological polar surface area (TPSA) is 102 Å². The van der Waals surface area contributed by atoms with Crippen molar-refractivity contribution in [2.75, 3.05) is 11.6 Å². The molecule has 0 spiro atoms. The van der Waals surface area contributed by atoms with E-state index < -0.39 is 27.6 Å². The minimum atomic E-state index is -3.90. The van der Waals surface area contributed by atoms with Crippen molar-refractivity contribution in [3.63, 3.8) is 0 Å². The molecule has 2 N–H and O–H groups in total. The molecular weight excluding hydrogens is 362 g/mol. The van der Waals surface area contributed by atoms with E-state index in [9.17, 15) is 13.2 Å². The van der Waals surface area contributed by atoms with Crippen LogP contribution in [-0.4, -0.2) is 47.7 Å². The lowest BCUT2D eigenvalue weighted by molar-refractivity contribution is 0.0280. The van der Waals surface area contributed by atoms with Crippen LogP contribution in [0.15, 0.2) is 34.3 Å². The van der Waals surface area contributed by atoms with E-state index in [1.165, 1.54) is 28.8 Å². The summed E-state index contributed by atoms with van der Waals surface area (Å²) in [4.78, 5) is 13.9. The summed E-state index contributed by atoms with van der Waals surface area (Å²) in [7, 11) is -3.90. The molecular formula is C16H23N3O4S2. The number of thioether (sulfide) groups is 1. The Bertz CT molecular complexity index is 768. The van der Waals surface area contributed by atoms with Gasteiger partial charge in [-0.15, -0.1) is 11.8 Å². The Morgan fingerprint density at radius 2 is 1.92 bits per heavy atom. The molecule has 25 heavy (non-hydrogen) atoms. The smallest absolute Gasteiger partial charge is 0.411 e. The Morgan fingerprint density at radius 3 is 2.44 bits per heavy atom. The lowest BCUT2D eigenvalue weighted by Gasteiger charge is -2.28. The van der Waals surface area contributed by atoms with Gasteiger partial charge >= 0.3 is 6.09 Å². The Labute approximate surface area is 152 Å². The van der Waals surface area contributed by atoms with Crippen molar-refractivity contribution in [2.45, 2.75) is 44.2 Å². The van der Waals surface area contributed by atoms with Crippen LogP contribution < -0.4 is 5.84 Å². The number of carbonyl (C=O) groups excluding carboxylic acids is 1. The van der Waals surface area contributed by atoms with E-state index in [-0.39, 0.29) is 9.94 Å². The second-order valence-corrected chi connectivity index (χ2v) is 9.65. The summed E-state index contributed by atoms with van der Waals surface area (Å²) in [6, 6.07) is 5.67. The first kappa shape index (κ1) is 19.6. The summed E-state index contributed by atoms with van der Waals surface area (Å²) in [5.74, 6) is 6.13. The van der Waals surface area contributed by atoms with Crippen molar-refractivity contribution >= 4 is 32.7 Å². The van der Waals surface area contributed by atoms with E-state index in [0.29, 0.717) is 11.6 Å². The summed E-state index contributed by atoms with van der Waals surface area (Å²) < 4.78 is 31.2. The van der Waals surface area contributed by atoms with Gasteiger partial charge in [-0.2, -0.15) is 5.10 Å². The van der Waals surface area contributed by atoms with Crippen LogP contribution in [0, 0.1) is 6.92 Å². The molecule has 0 bridgehead atoms. The molecule has 1 aromatic rings. The number of hydrazone groups is 1. The maximum atomic E-state index is 12.9. The van der Waals surface area contributed by atoms with E-state index in [2.05, 4.69) is 5.10 Å². The minimum Gasteiger partial charge on any atom is -0.444 e. The molecule has 138 valence electrons. The SMILES string of the molecule is Cc1ccc(S(=O)(=O)C(=NN)C2CSCN2C(=O)OC(C)(C)C)cc1. The molecule has 1 aromatic carbocycles. The Kier molecular flexibility index (Phi) is 5.68. The summed E-state index contributed by atoms with van der Waals surface area (Å²) >= 11 is 1.43. The fourth-order valence-electron chi connectivity index (χ4n) is 2.32. The summed E-state index contributed by atoms with van der Waals surface area (Å²) in [6.45, 7) is 7.13. The molecule has 7 nitrogen and oxygen atoms in total. The molecule has 1 unspecified atom stereocenters. The monoisotopic (exact) mass is 385 g/mol. The standard InChI is InChI=1S/C16H23N3O4S2/c1-11-5-7-12(8-6-11)25(21,22)14(18-17)13-9-24-10-19(13)15(20)23-16(2,3)4/h5-8,13H,9-10,17H2,1-4H3. The molecule has 1 amide bonds. The van der Waals surface area contributed by atoms with E-state index >= 15 is 0 Å². The predicted molar refractivity (Wildman–Crippen MR) is 99.2 cm³/mol. The van der Waals surface area contributed by atoms with Gasteiger partial charge in [0.1, 0.15) is 11.6 Å². The molecule has 1 heterocycles. The van der Waals surface area contributed by atoms with Crippen molar-refractivity contribution in [1.82, 2.24) is 4.90 Å². The second-order valence-electron chi connectivity index (χ2n) is 6.75. The summed E-state index contributed by atoms with van der Waals surface area (Å²) in [5, 5.41) is 3.31. The van der Waals surface area contributed by atoms with E-state index in [1.54, 1.807) is 32.9 Å². The average molecular weight is 386 g/mol. The lowest BCUT2D eigenvalue weighted by atomic mass is 10.2. The maximum Gasteiger partial charge on any atom is 0.411 e. The Morgan fingerprint density at radius 1 is 1.32 bits per heavy atom. The number of rotatable bonds is 2. The van der Waals surface area contributed by atoms with E-state index in [4.69, 9.17) is 10.6 Å². The van der Waals surface area contributed by atoms with Crippen LogP contribution >= 0.6 is 11.8 Å². The zero-order valence-corrected chi connectivity index (χ0v) is 16.4. The lowest BCUT2D eigenvalue weighted by Crippen LogP contribution is -2.47. The van der Waals surface area contributed by atoms with Crippen LogP contribution in [0.2, 0.25) is 0 Å². The minimum absolute atomic E-state index is 0.100. The molecule has 1 saturated heterocycles. The third-order valence-corrected chi connectivity index (χ3v) is 6.36. The first-order chi connectivity index (χ1) is 11.6. The highest BCUT2D eigenvalue weighted by Gasteiger charge is 2.41. The van der Waals surface area contributed by atoms with Crippen LogP contribution in [0.25, 0.3) is 0 Å². The van der Waals surface area contributed by atoms with Gasteiger partial charge in [0.25, 0.3) is 0 Å². The highest BCUT2D eigenvalue weighted by molar-refractivity contribution is 8.07. The van der Waals surface area contributed by atoms with Gasteiger partial charge in [0, 0.05) is 5.75 Å². The van der Waals surface area contributed by atoms with Crippen molar-refractivity contribution in [3.8, 4) is 0 Å². The number of nitrogens with two attached hydrogens (primary N) is 1. The number of sulfone groups is 1.